The number of fused-ring (bicyclic) bond motifs is 18. The maximum Gasteiger partial charge on any atom is 0.0795 e. The monoisotopic (exact) mass is 1270 g/mol. The van der Waals surface area contributed by atoms with Gasteiger partial charge in [0.2, 0.25) is 0 Å². The average Bonchev–Trinajstić information content (AvgIpc) is 1.48. The first-order valence-electron chi connectivity index (χ1n) is 34.0. The van der Waals surface area contributed by atoms with Crippen molar-refractivity contribution in [2.75, 3.05) is 0 Å². The first-order chi connectivity index (χ1) is 49.6. The number of hydrogen-bond donors (Lipinski definition) is 0. The molecule has 0 amide bonds. The lowest BCUT2D eigenvalue weighted by Gasteiger charge is -2.16. The molecule has 6 heterocycles. The summed E-state index contributed by atoms with van der Waals surface area (Å²) in [5.41, 5.74) is 21.3. The molecule has 0 aliphatic heterocycles. The summed E-state index contributed by atoms with van der Waals surface area (Å²) >= 11 is 0. The standard InChI is InChI=1S/C54H36N4.C40H24N2/c1-6-16-37(17-7-1)42-26-27-45-48(32-42)46-28-30-57(43-33-49(38-18-8-2-9-19-38)55-50(34-43)39-20-10-3-11-21-39)54(46)47-29-31-58(53(45)47)44-35-51(40-22-12-4-13-23-40)56-52(36-44)41-24-14-5-15-25-41;1-2-13-30-28(11-1)29-12-3-4-14-31(29)37-24-26(18-19-32(30)37)25-9-7-10-27(23-25)38-21-20-36-34-17-8-22-41-39(34)33-15-5-6-16-35(33)40(36)42-38/h1-36H;1-24H. The van der Waals surface area contributed by atoms with E-state index in [1.165, 1.54) is 76.1 Å². The van der Waals surface area contributed by atoms with Crippen molar-refractivity contribution >= 4 is 97.5 Å². The van der Waals surface area contributed by atoms with Gasteiger partial charge in [0.05, 0.1) is 50.5 Å². The van der Waals surface area contributed by atoms with Gasteiger partial charge in [-0.05, 0) is 133 Å². The van der Waals surface area contributed by atoms with Gasteiger partial charge in [-0.2, -0.15) is 0 Å². The topological polar surface area (TPSA) is 61.4 Å². The van der Waals surface area contributed by atoms with Crippen molar-refractivity contribution in [3.05, 3.63) is 364 Å². The molecule has 0 atom stereocenters. The Balaban J connectivity index is 0.000000146. The molecule has 6 aromatic heterocycles. The summed E-state index contributed by atoms with van der Waals surface area (Å²) in [6.45, 7) is 0. The quantitative estimate of drug-likeness (QED) is 0.135. The van der Waals surface area contributed by atoms with E-state index in [4.69, 9.17) is 19.9 Å². The zero-order valence-corrected chi connectivity index (χ0v) is 54.3. The van der Waals surface area contributed by atoms with E-state index >= 15 is 0 Å². The highest BCUT2D eigenvalue weighted by molar-refractivity contribution is 6.27. The molecule has 466 valence electrons. The fraction of sp³-hybridized carbons (Fsp3) is 0. The van der Waals surface area contributed by atoms with Crippen LogP contribution in [0.2, 0.25) is 0 Å². The molecule has 0 N–H and O–H groups in total. The zero-order valence-electron chi connectivity index (χ0n) is 54.3. The van der Waals surface area contributed by atoms with Crippen molar-refractivity contribution < 1.29 is 0 Å². The van der Waals surface area contributed by atoms with Crippen molar-refractivity contribution in [1.82, 2.24) is 29.1 Å². The van der Waals surface area contributed by atoms with Crippen LogP contribution in [-0.2, 0) is 0 Å². The van der Waals surface area contributed by atoms with Crippen molar-refractivity contribution in [1.29, 1.82) is 0 Å². The summed E-state index contributed by atoms with van der Waals surface area (Å²) in [6, 6.07) is 123. The van der Waals surface area contributed by atoms with Gasteiger partial charge in [-0.1, -0.05) is 273 Å². The van der Waals surface area contributed by atoms with E-state index in [1.807, 2.05) is 12.3 Å². The predicted octanol–water partition coefficient (Wildman–Crippen LogP) is 24.6. The van der Waals surface area contributed by atoms with Crippen LogP contribution in [0.25, 0.3) is 187 Å². The SMILES string of the molecule is c1cc(-c2ccc3c4ccccc4c4ccccc4c3c2)cc(-c2ccc3c4cccnc4c4ccccc4c3n2)c1.c1ccc(-c2ccc3c(c2)c2ccn(-c4cc(-c5ccccc5)nc(-c5ccccc5)c4)c2c2ccn(-c4cc(-c5ccccc5)nc(-c5ccccc5)c4)c32)cc1. The highest BCUT2D eigenvalue weighted by atomic mass is 15.0. The lowest BCUT2D eigenvalue weighted by atomic mass is 9.91. The van der Waals surface area contributed by atoms with Crippen molar-refractivity contribution in [2.45, 2.75) is 0 Å². The Morgan fingerprint density at radius 3 is 1.03 bits per heavy atom. The normalized spacial score (nSPS) is 11.6. The molecule has 6 heteroatoms. The molecule has 20 aromatic rings. The van der Waals surface area contributed by atoms with Gasteiger partial charge >= 0.3 is 0 Å². The van der Waals surface area contributed by atoms with Gasteiger partial charge in [-0.25, -0.2) is 15.0 Å². The minimum absolute atomic E-state index is 0.928. The Kier molecular flexibility index (Phi) is 14.1. The van der Waals surface area contributed by atoms with Crippen LogP contribution in [-0.4, -0.2) is 29.1 Å². The Morgan fingerprint density at radius 1 is 0.180 bits per heavy atom. The second kappa shape index (κ2) is 24.3. The fourth-order valence-corrected chi connectivity index (χ4v) is 15.1. The van der Waals surface area contributed by atoms with Gasteiger partial charge < -0.3 is 9.13 Å². The van der Waals surface area contributed by atoms with Crippen molar-refractivity contribution in [2.24, 2.45) is 0 Å². The molecule has 20 rings (SSSR count). The summed E-state index contributed by atoms with van der Waals surface area (Å²) in [5.74, 6) is 0. The van der Waals surface area contributed by atoms with Gasteiger partial charge in [-0.3, -0.25) is 4.98 Å². The molecule has 0 saturated heterocycles. The molecule has 6 nitrogen and oxygen atoms in total. The number of pyridine rings is 4. The maximum absolute atomic E-state index is 5.26. The highest BCUT2D eigenvalue weighted by Crippen LogP contribution is 2.44. The summed E-state index contributed by atoms with van der Waals surface area (Å²) in [4.78, 5) is 20.4. The number of benzene rings is 14. The number of nitrogens with zero attached hydrogens (tertiary/aromatic N) is 6. The van der Waals surface area contributed by atoms with Gasteiger partial charge in [0.25, 0.3) is 0 Å². The largest absolute Gasteiger partial charge is 0.316 e. The molecule has 0 bridgehead atoms. The molecular formula is C94H60N6. The van der Waals surface area contributed by atoms with Crippen LogP contribution in [0, 0.1) is 0 Å². The van der Waals surface area contributed by atoms with Gasteiger partial charge in [-0.15, -0.1) is 0 Å². The van der Waals surface area contributed by atoms with E-state index < -0.39 is 0 Å². The van der Waals surface area contributed by atoms with E-state index in [9.17, 15) is 0 Å². The van der Waals surface area contributed by atoms with Crippen LogP contribution in [0.4, 0.5) is 0 Å². The molecular weight excluding hydrogens is 1210 g/mol. The predicted molar refractivity (Wildman–Crippen MR) is 418 cm³/mol. The van der Waals surface area contributed by atoms with E-state index in [-0.39, 0.29) is 0 Å². The van der Waals surface area contributed by atoms with Crippen LogP contribution >= 0.6 is 0 Å². The molecule has 0 spiro atoms. The summed E-state index contributed by atoms with van der Waals surface area (Å²) in [6.07, 6.45) is 6.32. The van der Waals surface area contributed by atoms with Gasteiger partial charge in [0.15, 0.2) is 0 Å². The smallest absolute Gasteiger partial charge is 0.0795 e. The Labute approximate surface area is 577 Å². The van der Waals surface area contributed by atoms with Crippen LogP contribution in [0.15, 0.2) is 364 Å². The van der Waals surface area contributed by atoms with Crippen molar-refractivity contribution in [3.63, 3.8) is 0 Å². The number of hydrogen-bond acceptors (Lipinski definition) is 4. The third-order valence-corrected chi connectivity index (χ3v) is 19.8. The van der Waals surface area contributed by atoms with Crippen LogP contribution in [0.1, 0.15) is 0 Å². The summed E-state index contributed by atoms with van der Waals surface area (Å²) < 4.78 is 4.71. The number of rotatable bonds is 9. The summed E-state index contributed by atoms with van der Waals surface area (Å²) in [7, 11) is 0. The molecule has 0 unspecified atom stereocenters. The van der Waals surface area contributed by atoms with Crippen LogP contribution < -0.4 is 0 Å². The zero-order chi connectivity index (χ0) is 66.0. The first-order valence-corrected chi connectivity index (χ1v) is 34.0. The Bertz CT molecular complexity index is 6200. The molecule has 100 heavy (non-hydrogen) atoms. The summed E-state index contributed by atoms with van der Waals surface area (Å²) in [5, 5.41) is 17.0. The highest BCUT2D eigenvalue weighted by Gasteiger charge is 2.22. The van der Waals surface area contributed by atoms with Gasteiger partial charge in [0, 0.05) is 95.5 Å². The molecule has 0 fully saturated rings. The maximum atomic E-state index is 5.26. The second-order valence-electron chi connectivity index (χ2n) is 25.6. The number of aromatic nitrogens is 6. The van der Waals surface area contributed by atoms with E-state index in [2.05, 4.69) is 361 Å². The second-order valence-corrected chi connectivity index (χ2v) is 25.6. The molecule has 0 aliphatic rings. The van der Waals surface area contributed by atoms with Crippen LogP contribution in [0.3, 0.4) is 0 Å². The average molecular weight is 1270 g/mol. The van der Waals surface area contributed by atoms with E-state index in [1.54, 1.807) is 0 Å². The van der Waals surface area contributed by atoms with E-state index in [0.717, 1.165) is 111 Å². The third-order valence-electron chi connectivity index (χ3n) is 19.8. The van der Waals surface area contributed by atoms with E-state index in [0.29, 0.717) is 0 Å². The van der Waals surface area contributed by atoms with Gasteiger partial charge in [0.1, 0.15) is 0 Å². The molecule has 0 aliphatic carbocycles. The molecule has 0 saturated carbocycles. The fourth-order valence-electron chi connectivity index (χ4n) is 15.1. The lowest BCUT2D eigenvalue weighted by molar-refractivity contribution is 1.11. The minimum atomic E-state index is 0.928. The lowest BCUT2D eigenvalue weighted by Crippen LogP contribution is -1.99. The van der Waals surface area contributed by atoms with Crippen molar-refractivity contribution in [3.8, 4) is 89.9 Å². The van der Waals surface area contributed by atoms with Crippen LogP contribution in [0.5, 0.6) is 0 Å². The molecule has 14 aromatic carbocycles. The Morgan fingerprint density at radius 2 is 0.520 bits per heavy atom. The molecule has 0 radical (unpaired) electrons. The minimum Gasteiger partial charge on any atom is -0.316 e. The first kappa shape index (κ1) is 58.0. The Hall–Kier alpha value is -13.4. The third kappa shape index (κ3) is 10.1.